The first-order valence-electron chi connectivity index (χ1n) is 5.07. The number of rotatable bonds is 3. The number of allylic oxidation sites excluding steroid dienone is 2. The molecule has 1 saturated heterocycles. The lowest BCUT2D eigenvalue weighted by molar-refractivity contribution is 0.0968. The molecule has 1 heterocycles. The Balaban J connectivity index is 0.000000249. The molecule has 2 nitrogen and oxygen atoms in total. The molecule has 1 aliphatic rings. The Bertz CT molecular complexity index is 169. The lowest BCUT2D eigenvalue weighted by Gasteiger charge is -2.08. The van der Waals surface area contributed by atoms with E-state index in [1.165, 1.54) is 19.3 Å². The highest BCUT2D eigenvalue weighted by atomic mass is 16.5. The lowest BCUT2D eigenvalue weighted by Crippen LogP contribution is -2.03. The van der Waals surface area contributed by atoms with E-state index in [1.807, 2.05) is 6.08 Å². The van der Waals surface area contributed by atoms with Crippen molar-refractivity contribution in [1.29, 1.82) is 0 Å². The first-order chi connectivity index (χ1) is 6.85. The van der Waals surface area contributed by atoms with E-state index in [-0.39, 0.29) is 0 Å². The third-order valence-electron chi connectivity index (χ3n) is 1.91. The topological polar surface area (TPSA) is 35.2 Å². The molecule has 2 heteroatoms. The Morgan fingerprint density at radius 2 is 1.86 bits per heavy atom. The monoisotopic (exact) mass is 195 g/mol. The summed E-state index contributed by atoms with van der Waals surface area (Å²) in [5, 5.41) is 0. The third-order valence-corrected chi connectivity index (χ3v) is 1.91. The molecule has 0 aromatic carbocycles. The van der Waals surface area contributed by atoms with Gasteiger partial charge in [-0.25, -0.2) is 0 Å². The smallest absolute Gasteiger partial charge is 0.0466 e. The van der Waals surface area contributed by atoms with Gasteiger partial charge < -0.3 is 10.5 Å². The first-order valence-corrected chi connectivity index (χ1v) is 5.07. The van der Waals surface area contributed by atoms with Gasteiger partial charge in [0.1, 0.15) is 0 Å². The first kappa shape index (κ1) is 13.1. The summed E-state index contributed by atoms with van der Waals surface area (Å²) in [7, 11) is 0. The molecule has 1 aliphatic heterocycles. The molecule has 1 rings (SSSR count). The van der Waals surface area contributed by atoms with Gasteiger partial charge in [-0.3, -0.25) is 0 Å². The van der Waals surface area contributed by atoms with Gasteiger partial charge in [0.05, 0.1) is 0 Å². The fourth-order valence-corrected chi connectivity index (χ4v) is 1.06. The quantitative estimate of drug-likeness (QED) is 0.702. The van der Waals surface area contributed by atoms with E-state index >= 15 is 0 Å². The normalized spacial score (nSPS) is 16.5. The minimum atomic E-state index is 0.537. The molecule has 80 valence electrons. The zero-order valence-electron chi connectivity index (χ0n) is 8.87. The standard InChI is InChI=1S/C7H11N.C5H10O/c1-3-5-7(4-2)6-8;1-2-4-6-5-3-1/h3-5H,1-2,6,8H2;1-5H2/b7-5+;. The minimum absolute atomic E-state index is 0.537. The highest BCUT2D eigenvalue weighted by Crippen LogP contribution is 2.02. The average Bonchev–Trinajstić information content (AvgIpc) is 2.29. The van der Waals surface area contributed by atoms with Crippen LogP contribution in [0.1, 0.15) is 19.3 Å². The molecule has 2 N–H and O–H groups in total. The minimum Gasteiger partial charge on any atom is -0.381 e. The van der Waals surface area contributed by atoms with Crippen molar-refractivity contribution in [3.63, 3.8) is 0 Å². The van der Waals surface area contributed by atoms with Crippen molar-refractivity contribution in [2.24, 2.45) is 5.73 Å². The number of hydrogen-bond donors (Lipinski definition) is 1. The van der Waals surface area contributed by atoms with Crippen LogP contribution in [-0.4, -0.2) is 19.8 Å². The third kappa shape index (κ3) is 7.77. The van der Waals surface area contributed by atoms with Crippen LogP contribution in [-0.2, 0) is 4.74 Å². The summed E-state index contributed by atoms with van der Waals surface area (Å²) < 4.78 is 5.07. The van der Waals surface area contributed by atoms with Crippen LogP contribution in [0.25, 0.3) is 0 Å². The molecular weight excluding hydrogens is 174 g/mol. The predicted molar refractivity (Wildman–Crippen MR) is 62.2 cm³/mol. The van der Waals surface area contributed by atoms with Gasteiger partial charge in [-0.1, -0.05) is 31.4 Å². The maximum Gasteiger partial charge on any atom is 0.0466 e. The summed E-state index contributed by atoms with van der Waals surface area (Å²) in [6.07, 6.45) is 9.19. The van der Waals surface area contributed by atoms with Gasteiger partial charge in [0.25, 0.3) is 0 Å². The van der Waals surface area contributed by atoms with Crippen LogP contribution >= 0.6 is 0 Å². The van der Waals surface area contributed by atoms with Gasteiger partial charge in [-0.15, -0.1) is 0 Å². The molecule has 0 atom stereocenters. The Morgan fingerprint density at radius 3 is 2.00 bits per heavy atom. The van der Waals surface area contributed by atoms with E-state index in [0.717, 1.165) is 18.8 Å². The van der Waals surface area contributed by atoms with E-state index in [1.54, 1.807) is 12.2 Å². The van der Waals surface area contributed by atoms with Crippen LogP contribution in [0.15, 0.2) is 37.0 Å². The summed E-state index contributed by atoms with van der Waals surface area (Å²) in [4.78, 5) is 0. The fraction of sp³-hybridized carbons (Fsp3) is 0.500. The van der Waals surface area contributed by atoms with Crippen LogP contribution in [0.2, 0.25) is 0 Å². The molecule has 0 spiro atoms. The van der Waals surface area contributed by atoms with Crippen molar-refractivity contribution in [2.75, 3.05) is 19.8 Å². The van der Waals surface area contributed by atoms with Crippen molar-refractivity contribution >= 4 is 0 Å². The molecule has 0 saturated carbocycles. The van der Waals surface area contributed by atoms with Crippen molar-refractivity contribution in [1.82, 2.24) is 0 Å². The van der Waals surface area contributed by atoms with Crippen LogP contribution in [0.4, 0.5) is 0 Å². The zero-order chi connectivity index (χ0) is 10.6. The van der Waals surface area contributed by atoms with E-state index < -0.39 is 0 Å². The Morgan fingerprint density at radius 1 is 1.21 bits per heavy atom. The molecule has 1 fully saturated rings. The highest BCUT2D eigenvalue weighted by Gasteiger charge is 1.95. The van der Waals surface area contributed by atoms with Crippen molar-refractivity contribution in [3.8, 4) is 0 Å². The number of nitrogens with two attached hydrogens (primary N) is 1. The molecule has 0 radical (unpaired) electrons. The van der Waals surface area contributed by atoms with E-state index in [2.05, 4.69) is 13.2 Å². The summed E-state index contributed by atoms with van der Waals surface area (Å²) in [5.74, 6) is 0. The average molecular weight is 195 g/mol. The van der Waals surface area contributed by atoms with Gasteiger partial charge in [0, 0.05) is 19.8 Å². The molecule has 0 aromatic rings. The Hall–Kier alpha value is -0.860. The van der Waals surface area contributed by atoms with Gasteiger partial charge in [-0.2, -0.15) is 0 Å². The molecule has 0 unspecified atom stereocenters. The van der Waals surface area contributed by atoms with Crippen LogP contribution < -0.4 is 5.73 Å². The zero-order valence-corrected chi connectivity index (χ0v) is 8.87. The second-order valence-corrected chi connectivity index (χ2v) is 3.06. The van der Waals surface area contributed by atoms with Crippen LogP contribution in [0, 0.1) is 0 Å². The van der Waals surface area contributed by atoms with Crippen molar-refractivity contribution in [2.45, 2.75) is 19.3 Å². The van der Waals surface area contributed by atoms with Gasteiger partial charge >= 0.3 is 0 Å². The lowest BCUT2D eigenvalue weighted by atomic mass is 10.2. The number of hydrogen-bond acceptors (Lipinski definition) is 2. The predicted octanol–water partition coefficient (Wildman–Crippen LogP) is 2.43. The van der Waals surface area contributed by atoms with Gasteiger partial charge in [0.2, 0.25) is 0 Å². The van der Waals surface area contributed by atoms with Crippen molar-refractivity contribution < 1.29 is 4.74 Å². The second kappa shape index (κ2) is 10.2. The SMILES string of the molecule is C1CCOCC1.C=C/C=C(\C=C)CN. The van der Waals surface area contributed by atoms with Crippen molar-refractivity contribution in [3.05, 3.63) is 37.0 Å². The number of ether oxygens (including phenoxy) is 1. The maximum absolute atomic E-state index is 5.28. The summed E-state index contributed by atoms with van der Waals surface area (Å²) in [5.41, 5.74) is 6.30. The van der Waals surface area contributed by atoms with Crippen LogP contribution in [0.3, 0.4) is 0 Å². The molecule has 14 heavy (non-hydrogen) atoms. The molecule has 0 amide bonds. The largest absolute Gasteiger partial charge is 0.381 e. The maximum atomic E-state index is 5.28. The fourth-order valence-electron chi connectivity index (χ4n) is 1.06. The van der Waals surface area contributed by atoms with Gasteiger partial charge in [0.15, 0.2) is 0 Å². The molecular formula is C12H21NO. The summed E-state index contributed by atoms with van der Waals surface area (Å²) in [6.45, 7) is 9.61. The second-order valence-electron chi connectivity index (χ2n) is 3.06. The molecule has 0 aromatic heterocycles. The van der Waals surface area contributed by atoms with Crippen LogP contribution in [0.5, 0.6) is 0 Å². The van der Waals surface area contributed by atoms with E-state index in [9.17, 15) is 0 Å². The molecule has 0 aliphatic carbocycles. The summed E-state index contributed by atoms with van der Waals surface area (Å²) in [6, 6.07) is 0. The molecule has 0 bridgehead atoms. The Kier molecular flexibility index (Phi) is 9.59. The Labute approximate surface area is 87.1 Å². The van der Waals surface area contributed by atoms with E-state index in [0.29, 0.717) is 6.54 Å². The van der Waals surface area contributed by atoms with E-state index in [4.69, 9.17) is 10.5 Å². The highest BCUT2D eigenvalue weighted by molar-refractivity contribution is 5.21. The van der Waals surface area contributed by atoms with Gasteiger partial charge in [-0.05, 0) is 24.8 Å². The summed E-state index contributed by atoms with van der Waals surface area (Å²) >= 11 is 0.